The zero-order valence-electron chi connectivity index (χ0n) is 17.0. The van der Waals surface area contributed by atoms with Gasteiger partial charge in [-0.15, -0.1) is 9.24 Å². The lowest BCUT2D eigenvalue weighted by molar-refractivity contribution is -0.128. The second-order valence-corrected chi connectivity index (χ2v) is 8.91. The van der Waals surface area contributed by atoms with E-state index < -0.39 is 5.60 Å². The van der Waals surface area contributed by atoms with Gasteiger partial charge in [-0.1, -0.05) is 24.3 Å². The molecular formula is C23H18IN4O3P. The second-order valence-electron chi connectivity index (χ2n) is 7.80. The standard InChI is InChI=1S/C23H18IN4O3P/c1-23(31-24)18-10-15(32)6-7-20(18)28(22(23)30)14-8-13(11-25-12-14)9-19-16-4-2-3-5-17(16)21(29)27-26-19/h2-8,10-12H,9,32H2,1H3,(H,27,29). The van der Waals surface area contributed by atoms with Gasteiger partial charge in [0.2, 0.25) is 0 Å². The fraction of sp³-hybridized carbons (Fsp3) is 0.130. The third kappa shape index (κ3) is 3.34. The summed E-state index contributed by atoms with van der Waals surface area (Å²) in [7, 11) is 2.65. The molecule has 0 radical (unpaired) electrons. The van der Waals surface area contributed by atoms with E-state index in [-0.39, 0.29) is 11.5 Å². The van der Waals surface area contributed by atoms with Crippen molar-refractivity contribution in [3.8, 4) is 0 Å². The number of aromatic nitrogens is 3. The maximum absolute atomic E-state index is 13.4. The summed E-state index contributed by atoms with van der Waals surface area (Å²) in [6.45, 7) is 1.78. The Morgan fingerprint density at radius 1 is 1.12 bits per heavy atom. The molecule has 1 N–H and O–H groups in total. The molecule has 32 heavy (non-hydrogen) atoms. The first-order chi connectivity index (χ1) is 15.4. The van der Waals surface area contributed by atoms with E-state index in [1.165, 1.54) is 0 Å². The number of anilines is 2. The number of pyridine rings is 1. The maximum atomic E-state index is 13.4. The van der Waals surface area contributed by atoms with Gasteiger partial charge in [0, 0.05) is 23.6 Å². The third-order valence-corrected chi connectivity index (χ3v) is 6.97. The zero-order valence-corrected chi connectivity index (χ0v) is 20.3. The summed E-state index contributed by atoms with van der Waals surface area (Å²) >= 11 is 1.78. The van der Waals surface area contributed by atoms with Crippen molar-refractivity contribution in [3.63, 3.8) is 0 Å². The molecule has 2 aromatic heterocycles. The van der Waals surface area contributed by atoms with Crippen molar-refractivity contribution < 1.29 is 7.86 Å². The van der Waals surface area contributed by atoms with E-state index in [0.717, 1.165) is 33.2 Å². The number of carbonyl (C=O) groups is 1. The van der Waals surface area contributed by atoms with Crippen molar-refractivity contribution in [2.75, 3.05) is 4.90 Å². The molecule has 0 saturated heterocycles. The average molecular weight is 556 g/mol. The maximum Gasteiger partial charge on any atom is 0.272 e. The summed E-state index contributed by atoms with van der Waals surface area (Å²) in [6, 6.07) is 15.1. The van der Waals surface area contributed by atoms with Crippen LogP contribution in [0.4, 0.5) is 11.4 Å². The van der Waals surface area contributed by atoms with Crippen LogP contribution in [-0.4, -0.2) is 21.1 Å². The fourth-order valence-electron chi connectivity index (χ4n) is 4.09. The number of halogens is 1. The van der Waals surface area contributed by atoms with Crippen molar-refractivity contribution in [1.29, 1.82) is 0 Å². The summed E-state index contributed by atoms with van der Waals surface area (Å²) in [5, 5.41) is 9.18. The molecule has 0 bridgehead atoms. The number of aromatic amines is 1. The third-order valence-electron chi connectivity index (χ3n) is 5.73. The highest BCUT2D eigenvalue weighted by molar-refractivity contribution is 14.1. The molecular weight excluding hydrogens is 538 g/mol. The molecule has 1 amide bonds. The Hall–Kier alpha value is -2.68. The minimum atomic E-state index is -1.09. The lowest BCUT2D eigenvalue weighted by Crippen LogP contribution is -2.36. The summed E-state index contributed by atoms with van der Waals surface area (Å²) in [5.41, 5.74) is 2.52. The van der Waals surface area contributed by atoms with Crippen molar-refractivity contribution in [2.45, 2.75) is 18.9 Å². The predicted octanol–water partition coefficient (Wildman–Crippen LogP) is 3.67. The van der Waals surface area contributed by atoms with Crippen LogP contribution in [0.1, 0.15) is 23.7 Å². The molecule has 0 fully saturated rings. The summed E-state index contributed by atoms with van der Waals surface area (Å²) in [6.07, 6.45) is 3.86. The molecule has 4 aromatic rings. The van der Waals surface area contributed by atoms with Gasteiger partial charge in [-0.05, 0) is 42.1 Å². The normalized spacial score (nSPS) is 17.7. The van der Waals surface area contributed by atoms with Crippen LogP contribution in [0.15, 0.2) is 65.7 Å². The summed E-state index contributed by atoms with van der Waals surface area (Å²) in [4.78, 5) is 31.5. The van der Waals surface area contributed by atoms with Gasteiger partial charge >= 0.3 is 0 Å². The molecule has 160 valence electrons. The first-order valence-electron chi connectivity index (χ1n) is 9.87. The average Bonchev–Trinajstić information content (AvgIpc) is 3.03. The van der Waals surface area contributed by atoms with Gasteiger partial charge < -0.3 is 0 Å². The van der Waals surface area contributed by atoms with Gasteiger partial charge in [0.25, 0.3) is 11.5 Å². The van der Waals surface area contributed by atoms with Crippen molar-refractivity contribution >= 4 is 65.6 Å². The SMILES string of the molecule is CC1(OI)C(=O)N(c2cncc(Cc3n[nH]c(=O)c4ccccc34)c2)c2ccc(P)cc21. The van der Waals surface area contributed by atoms with Crippen LogP contribution in [0.3, 0.4) is 0 Å². The first kappa shape index (κ1) is 21.2. The van der Waals surface area contributed by atoms with E-state index in [1.54, 1.807) is 53.3 Å². The smallest absolute Gasteiger partial charge is 0.272 e. The van der Waals surface area contributed by atoms with Gasteiger partial charge in [0.05, 0.1) is 28.7 Å². The number of nitrogens with zero attached hydrogens (tertiary/aromatic N) is 3. The van der Waals surface area contributed by atoms with Crippen molar-refractivity contribution in [3.05, 3.63) is 88.1 Å². The Kier molecular flexibility index (Phi) is 5.31. The van der Waals surface area contributed by atoms with E-state index in [4.69, 9.17) is 3.07 Å². The van der Waals surface area contributed by atoms with Crippen LogP contribution in [0, 0.1) is 0 Å². The molecule has 0 saturated carbocycles. The molecule has 2 aromatic carbocycles. The fourth-order valence-corrected chi connectivity index (χ4v) is 4.78. The minimum absolute atomic E-state index is 0.177. The lowest BCUT2D eigenvalue weighted by atomic mass is 9.98. The second kappa shape index (κ2) is 8.03. The Balaban J connectivity index is 1.57. The van der Waals surface area contributed by atoms with Crippen LogP contribution in [0.5, 0.6) is 0 Å². The largest absolute Gasteiger partial charge is 0.294 e. The number of carbonyl (C=O) groups excluding carboxylic acids is 1. The molecule has 1 aliphatic heterocycles. The van der Waals surface area contributed by atoms with Gasteiger partial charge in [-0.2, -0.15) is 5.10 Å². The summed E-state index contributed by atoms with van der Waals surface area (Å²) < 4.78 is 5.63. The molecule has 2 atom stereocenters. The number of fused-ring (bicyclic) bond motifs is 2. The number of nitrogens with one attached hydrogen (secondary N) is 1. The number of hydrogen-bond donors (Lipinski definition) is 1. The van der Waals surface area contributed by atoms with Crippen LogP contribution in [0.2, 0.25) is 0 Å². The molecule has 7 nitrogen and oxygen atoms in total. The number of hydrogen-bond acceptors (Lipinski definition) is 5. The number of H-pyrrole nitrogens is 1. The first-order valence-corrected chi connectivity index (χ1v) is 11.3. The number of benzene rings is 2. The Morgan fingerprint density at radius 2 is 1.91 bits per heavy atom. The monoisotopic (exact) mass is 556 g/mol. The summed E-state index contributed by atoms with van der Waals surface area (Å²) in [5.74, 6) is -0.177. The van der Waals surface area contributed by atoms with E-state index in [9.17, 15) is 9.59 Å². The van der Waals surface area contributed by atoms with Crippen LogP contribution >= 0.6 is 32.2 Å². The Morgan fingerprint density at radius 3 is 2.69 bits per heavy atom. The van der Waals surface area contributed by atoms with Gasteiger partial charge in [-0.3, -0.25) is 22.5 Å². The van der Waals surface area contributed by atoms with Crippen LogP contribution < -0.4 is 15.8 Å². The number of rotatable bonds is 4. The highest BCUT2D eigenvalue weighted by atomic mass is 127. The quantitative estimate of drug-likeness (QED) is 0.306. The highest BCUT2D eigenvalue weighted by Crippen LogP contribution is 2.46. The van der Waals surface area contributed by atoms with E-state index >= 15 is 0 Å². The molecule has 5 rings (SSSR count). The molecule has 0 aliphatic carbocycles. The van der Waals surface area contributed by atoms with E-state index in [2.05, 4.69) is 24.4 Å². The topological polar surface area (TPSA) is 88.2 Å². The molecule has 3 heterocycles. The van der Waals surface area contributed by atoms with Gasteiger partial charge in [-0.25, -0.2) is 5.10 Å². The minimum Gasteiger partial charge on any atom is -0.294 e. The van der Waals surface area contributed by atoms with Crippen molar-refractivity contribution in [2.24, 2.45) is 0 Å². The molecule has 9 heteroatoms. The van der Waals surface area contributed by atoms with E-state index in [0.29, 0.717) is 17.5 Å². The molecule has 2 unspecified atom stereocenters. The number of amides is 1. The molecule has 1 aliphatic rings. The zero-order chi connectivity index (χ0) is 22.5. The van der Waals surface area contributed by atoms with Gasteiger partial charge in [0.1, 0.15) is 23.0 Å². The van der Waals surface area contributed by atoms with Crippen molar-refractivity contribution in [1.82, 2.24) is 15.2 Å². The van der Waals surface area contributed by atoms with Crippen LogP contribution in [-0.2, 0) is 19.9 Å². The molecule has 0 spiro atoms. The van der Waals surface area contributed by atoms with Gasteiger partial charge in [0.15, 0.2) is 5.60 Å². The lowest BCUT2D eigenvalue weighted by Gasteiger charge is -2.21. The van der Waals surface area contributed by atoms with Crippen LogP contribution in [0.25, 0.3) is 10.8 Å². The Bertz CT molecular complexity index is 1440. The highest BCUT2D eigenvalue weighted by Gasteiger charge is 2.49. The van der Waals surface area contributed by atoms with E-state index in [1.807, 2.05) is 42.5 Å². The Labute approximate surface area is 200 Å². The predicted molar refractivity (Wildman–Crippen MR) is 135 cm³/mol.